The second kappa shape index (κ2) is 5.71. The highest BCUT2D eigenvalue weighted by molar-refractivity contribution is 5.93. The third-order valence-electron chi connectivity index (χ3n) is 3.11. The molecule has 2 N–H and O–H groups in total. The fraction of sp³-hybridized carbons (Fsp3) is 0.267. The van der Waals surface area contributed by atoms with Crippen molar-refractivity contribution in [1.29, 1.82) is 0 Å². The van der Waals surface area contributed by atoms with Gasteiger partial charge in [-0.2, -0.15) is 5.12 Å². The van der Waals surface area contributed by atoms with Crippen molar-refractivity contribution in [2.45, 2.75) is 20.4 Å². The van der Waals surface area contributed by atoms with Crippen LogP contribution in [0.25, 0.3) is 0 Å². The van der Waals surface area contributed by atoms with Gasteiger partial charge in [0, 0.05) is 13.6 Å². The molecule has 0 bridgehead atoms. The first kappa shape index (κ1) is 13.4. The average Bonchev–Trinajstić information content (AvgIpc) is 2.41. The topological polar surface area (TPSA) is 44.9 Å². The van der Waals surface area contributed by atoms with E-state index in [0.717, 1.165) is 18.1 Å². The highest BCUT2D eigenvalue weighted by Crippen LogP contribution is 2.12. The molecule has 0 aromatic heterocycles. The molecular formula is C15H20N4. The maximum Gasteiger partial charge on any atom is 0.150 e. The van der Waals surface area contributed by atoms with E-state index in [4.69, 9.17) is 5.84 Å². The van der Waals surface area contributed by atoms with E-state index in [1.54, 1.807) is 0 Å². The molecule has 1 aliphatic rings. The van der Waals surface area contributed by atoms with E-state index >= 15 is 0 Å². The van der Waals surface area contributed by atoms with Gasteiger partial charge in [0.05, 0.1) is 5.70 Å². The summed E-state index contributed by atoms with van der Waals surface area (Å²) in [5, 5.41) is 5.75. The van der Waals surface area contributed by atoms with Crippen molar-refractivity contribution >= 4 is 5.84 Å². The number of hydrogen-bond donors (Lipinski definition) is 1. The second-order valence-electron chi connectivity index (χ2n) is 4.69. The molecular weight excluding hydrogens is 236 g/mol. The van der Waals surface area contributed by atoms with Crippen LogP contribution >= 0.6 is 0 Å². The zero-order valence-electron chi connectivity index (χ0n) is 11.7. The molecule has 1 aromatic carbocycles. The maximum absolute atomic E-state index is 5.83. The first-order chi connectivity index (χ1) is 9.10. The molecule has 0 saturated carbocycles. The molecule has 0 spiro atoms. The van der Waals surface area contributed by atoms with Crippen LogP contribution in [0.5, 0.6) is 0 Å². The van der Waals surface area contributed by atoms with Crippen LogP contribution < -0.4 is 5.84 Å². The minimum atomic E-state index is 0.808. The fourth-order valence-electron chi connectivity index (χ4n) is 1.92. The third kappa shape index (κ3) is 3.23. The molecule has 1 aliphatic heterocycles. The van der Waals surface area contributed by atoms with Gasteiger partial charge in [0.1, 0.15) is 0 Å². The van der Waals surface area contributed by atoms with Crippen LogP contribution in [0.4, 0.5) is 0 Å². The summed E-state index contributed by atoms with van der Waals surface area (Å²) in [4.78, 5) is 2.08. The molecule has 0 fully saturated rings. The zero-order valence-corrected chi connectivity index (χ0v) is 11.7. The molecule has 2 rings (SSSR count). The summed E-state index contributed by atoms with van der Waals surface area (Å²) >= 11 is 0. The zero-order chi connectivity index (χ0) is 13.8. The van der Waals surface area contributed by atoms with E-state index in [0.29, 0.717) is 0 Å². The molecule has 0 amide bonds. The molecule has 1 aromatic rings. The van der Waals surface area contributed by atoms with Crippen molar-refractivity contribution < 1.29 is 0 Å². The van der Waals surface area contributed by atoms with Crippen LogP contribution in [0.2, 0.25) is 0 Å². The van der Waals surface area contributed by atoms with Crippen molar-refractivity contribution in [3.05, 3.63) is 59.3 Å². The van der Waals surface area contributed by atoms with Crippen molar-refractivity contribution in [1.82, 2.24) is 10.0 Å². The summed E-state index contributed by atoms with van der Waals surface area (Å²) in [6.45, 7) is 4.84. The molecule has 0 unspecified atom stereocenters. The van der Waals surface area contributed by atoms with Gasteiger partial charge in [-0.05, 0) is 31.6 Å². The number of nitrogens with zero attached hydrogens (tertiary/aromatic N) is 3. The summed E-state index contributed by atoms with van der Waals surface area (Å²) in [5.41, 5.74) is 3.42. The Hall–Kier alpha value is -2.07. The first-order valence-electron chi connectivity index (χ1n) is 6.34. The number of allylic oxidation sites excluding steroid dienone is 2. The van der Waals surface area contributed by atoms with Gasteiger partial charge in [-0.1, -0.05) is 35.9 Å². The Morgan fingerprint density at radius 3 is 2.53 bits per heavy atom. The number of hydrogen-bond acceptors (Lipinski definition) is 4. The summed E-state index contributed by atoms with van der Waals surface area (Å²) in [5.74, 6) is 6.69. The van der Waals surface area contributed by atoms with Gasteiger partial charge in [-0.25, -0.2) is 5.84 Å². The Balaban J connectivity index is 2.07. The van der Waals surface area contributed by atoms with Crippen LogP contribution in [-0.4, -0.2) is 22.9 Å². The van der Waals surface area contributed by atoms with E-state index in [1.807, 2.05) is 32.2 Å². The van der Waals surface area contributed by atoms with Gasteiger partial charge in [0.2, 0.25) is 0 Å². The molecule has 4 heteroatoms. The number of nitrogens with two attached hydrogens (primary N) is 1. The van der Waals surface area contributed by atoms with Crippen molar-refractivity contribution in [3.63, 3.8) is 0 Å². The minimum Gasteiger partial charge on any atom is -0.354 e. The number of rotatable bonds is 2. The number of benzene rings is 1. The predicted molar refractivity (Wildman–Crippen MR) is 79.0 cm³/mol. The van der Waals surface area contributed by atoms with Crippen LogP contribution in [0.3, 0.4) is 0 Å². The quantitative estimate of drug-likeness (QED) is 0.826. The predicted octanol–water partition coefficient (Wildman–Crippen LogP) is 2.39. The Morgan fingerprint density at radius 1 is 1.26 bits per heavy atom. The first-order valence-corrected chi connectivity index (χ1v) is 6.34. The fourth-order valence-corrected chi connectivity index (χ4v) is 1.92. The standard InChI is InChI=1S/C15H20N4/c1-4-14-9-10-15(17-19(14)16)18(3)11-13-7-5-12(2)6-8-13/h4-10H,11,16H2,1-3H3/b14-4+. The number of hydrazine groups is 1. The average molecular weight is 256 g/mol. The lowest BCUT2D eigenvalue weighted by Crippen LogP contribution is -2.34. The van der Waals surface area contributed by atoms with Gasteiger partial charge < -0.3 is 4.90 Å². The molecule has 0 saturated heterocycles. The number of hydrazone groups is 1. The summed E-state index contributed by atoms with van der Waals surface area (Å²) in [7, 11) is 2.01. The van der Waals surface area contributed by atoms with E-state index in [9.17, 15) is 0 Å². The number of amidine groups is 1. The molecule has 0 atom stereocenters. The smallest absolute Gasteiger partial charge is 0.150 e. The van der Waals surface area contributed by atoms with Crippen molar-refractivity contribution in [3.8, 4) is 0 Å². The number of aryl methyl sites for hydroxylation is 1. The maximum atomic E-state index is 5.83. The van der Waals surface area contributed by atoms with Gasteiger partial charge in [-0.3, -0.25) is 0 Å². The SMILES string of the molecule is C/C=C1\C=CC(N(C)Cc2ccc(C)cc2)=NN1N. The Morgan fingerprint density at radius 2 is 1.95 bits per heavy atom. The van der Waals surface area contributed by atoms with Gasteiger partial charge >= 0.3 is 0 Å². The lowest BCUT2D eigenvalue weighted by molar-refractivity contribution is 0.372. The summed E-state index contributed by atoms with van der Waals surface area (Å²) in [6.07, 6.45) is 5.87. The van der Waals surface area contributed by atoms with E-state index in [1.165, 1.54) is 16.2 Å². The Labute approximate surface area is 114 Å². The van der Waals surface area contributed by atoms with Crippen LogP contribution in [0.1, 0.15) is 18.1 Å². The highest BCUT2D eigenvalue weighted by Gasteiger charge is 2.11. The molecule has 100 valence electrons. The van der Waals surface area contributed by atoms with Gasteiger partial charge in [0.25, 0.3) is 0 Å². The Kier molecular flexibility index (Phi) is 4.02. The Bertz CT molecular complexity index is 526. The third-order valence-corrected chi connectivity index (χ3v) is 3.11. The summed E-state index contributed by atoms with van der Waals surface area (Å²) in [6, 6.07) is 8.51. The highest BCUT2D eigenvalue weighted by atomic mass is 15.6. The number of likely N-dealkylation sites (N-methyl/N-ethyl adjacent to an activating group) is 1. The molecule has 0 aliphatic carbocycles. The van der Waals surface area contributed by atoms with Gasteiger partial charge in [-0.15, -0.1) is 5.10 Å². The minimum absolute atomic E-state index is 0.808. The van der Waals surface area contributed by atoms with Crippen LogP contribution in [0.15, 0.2) is 53.3 Å². The molecule has 4 nitrogen and oxygen atoms in total. The lowest BCUT2D eigenvalue weighted by Gasteiger charge is -2.25. The molecule has 1 heterocycles. The monoisotopic (exact) mass is 256 g/mol. The van der Waals surface area contributed by atoms with Gasteiger partial charge in [0.15, 0.2) is 5.84 Å². The lowest BCUT2D eigenvalue weighted by atomic mass is 10.1. The summed E-state index contributed by atoms with van der Waals surface area (Å²) < 4.78 is 0. The second-order valence-corrected chi connectivity index (χ2v) is 4.69. The van der Waals surface area contributed by atoms with E-state index in [-0.39, 0.29) is 0 Å². The van der Waals surface area contributed by atoms with Crippen LogP contribution in [0, 0.1) is 6.92 Å². The largest absolute Gasteiger partial charge is 0.354 e. The van der Waals surface area contributed by atoms with E-state index < -0.39 is 0 Å². The molecule has 0 radical (unpaired) electrons. The van der Waals surface area contributed by atoms with Crippen LogP contribution in [-0.2, 0) is 6.54 Å². The van der Waals surface area contributed by atoms with E-state index in [2.05, 4.69) is 41.2 Å². The van der Waals surface area contributed by atoms with Crippen molar-refractivity contribution in [2.75, 3.05) is 7.05 Å². The normalized spacial score (nSPS) is 16.7. The van der Waals surface area contributed by atoms with Crippen molar-refractivity contribution in [2.24, 2.45) is 10.9 Å². The molecule has 19 heavy (non-hydrogen) atoms.